The lowest BCUT2D eigenvalue weighted by atomic mass is 10.2. The molecule has 1 heterocycles. The van der Waals surface area contributed by atoms with Gasteiger partial charge in [-0.1, -0.05) is 5.43 Å². The van der Waals surface area contributed by atoms with Gasteiger partial charge >= 0.3 is 5.91 Å². The van der Waals surface area contributed by atoms with Crippen LogP contribution in [0.25, 0.3) is 0 Å². The van der Waals surface area contributed by atoms with Gasteiger partial charge in [0.25, 0.3) is 11.7 Å². The Hall–Kier alpha value is -3.49. The number of aromatic amines is 1. The van der Waals surface area contributed by atoms with E-state index in [2.05, 4.69) is 15.3 Å². The van der Waals surface area contributed by atoms with E-state index in [1.54, 1.807) is 54.1 Å². The largest absolute Gasteiger partial charge is 0.365 e. The van der Waals surface area contributed by atoms with Crippen LogP contribution >= 0.6 is 0 Å². The molecule has 5 N–H and O–H groups in total. The maximum Gasteiger partial charge on any atom is 0.320 e. The molecule has 9 heteroatoms. The van der Waals surface area contributed by atoms with Crippen molar-refractivity contribution in [2.75, 3.05) is 5.32 Å². The number of amides is 1. The van der Waals surface area contributed by atoms with Gasteiger partial charge in [0.15, 0.2) is 11.2 Å². The summed E-state index contributed by atoms with van der Waals surface area (Å²) in [4.78, 5) is 28.7. The second-order valence-corrected chi connectivity index (χ2v) is 4.14. The van der Waals surface area contributed by atoms with Gasteiger partial charge in [0.1, 0.15) is 0 Å². The lowest BCUT2D eigenvalue weighted by molar-refractivity contribution is -0.525. The number of anilines is 1. The van der Waals surface area contributed by atoms with E-state index in [4.69, 9.17) is 5.73 Å². The fourth-order valence-electron chi connectivity index (χ4n) is 1.61. The van der Waals surface area contributed by atoms with Gasteiger partial charge in [-0.05, 0) is 30.3 Å². The van der Waals surface area contributed by atoms with Crippen molar-refractivity contribution in [3.63, 3.8) is 0 Å². The first-order chi connectivity index (χ1) is 10.5. The van der Waals surface area contributed by atoms with E-state index in [1.165, 1.54) is 0 Å². The predicted octanol–water partition coefficient (Wildman–Crippen LogP) is 0.481. The highest BCUT2D eigenvalue weighted by molar-refractivity contribution is 6.01. The summed E-state index contributed by atoms with van der Waals surface area (Å²) in [5, 5.41) is 12.1. The molecule has 0 radical (unpaired) electrons. The highest BCUT2D eigenvalue weighted by atomic mass is 16.7. The summed E-state index contributed by atoms with van der Waals surface area (Å²) in [6.07, 6.45) is 1.65. The standard InChI is InChI=1S/C13H12N6O3/c14-13(18-19(21)22)17-10-6-4-9(5-7-10)16-12(20)11-3-1-2-8-15-11/h1-8H,(H,16,20)(H3,14,17,18)/p+1. The van der Waals surface area contributed by atoms with Crippen molar-refractivity contribution in [1.82, 2.24) is 5.43 Å². The summed E-state index contributed by atoms with van der Waals surface area (Å²) >= 11 is 0. The van der Waals surface area contributed by atoms with Crippen LogP contribution < -0.4 is 21.5 Å². The Kier molecular flexibility index (Phi) is 4.60. The van der Waals surface area contributed by atoms with Crippen molar-refractivity contribution in [3.8, 4) is 0 Å². The summed E-state index contributed by atoms with van der Waals surface area (Å²) < 4.78 is 0. The summed E-state index contributed by atoms with van der Waals surface area (Å²) in [6.45, 7) is 0. The number of aromatic nitrogens is 1. The summed E-state index contributed by atoms with van der Waals surface area (Å²) in [6, 6.07) is 11.5. The zero-order valence-corrected chi connectivity index (χ0v) is 11.3. The van der Waals surface area contributed by atoms with Crippen molar-refractivity contribution in [2.24, 2.45) is 10.7 Å². The van der Waals surface area contributed by atoms with Gasteiger partial charge in [-0.2, -0.15) is 0 Å². The first-order valence-corrected chi connectivity index (χ1v) is 6.18. The molecule has 0 spiro atoms. The second-order valence-electron chi connectivity index (χ2n) is 4.14. The fraction of sp³-hybridized carbons (Fsp3) is 0. The van der Waals surface area contributed by atoms with Crippen molar-refractivity contribution in [1.29, 1.82) is 0 Å². The number of nitrogens with one attached hydrogen (secondary N) is 3. The topological polar surface area (TPSA) is 137 Å². The van der Waals surface area contributed by atoms with E-state index >= 15 is 0 Å². The number of pyridine rings is 1. The monoisotopic (exact) mass is 301 g/mol. The van der Waals surface area contributed by atoms with Crippen LogP contribution in [0.2, 0.25) is 0 Å². The molecule has 112 valence electrons. The van der Waals surface area contributed by atoms with Gasteiger partial charge < -0.3 is 11.1 Å². The molecule has 0 saturated heterocycles. The lowest BCUT2D eigenvalue weighted by Gasteiger charge is -2.03. The van der Waals surface area contributed by atoms with Gasteiger partial charge in [0.2, 0.25) is 0 Å². The van der Waals surface area contributed by atoms with E-state index < -0.39 is 5.03 Å². The van der Waals surface area contributed by atoms with Crippen molar-refractivity contribution < 1.29 is 14.8 Å². The number of nitrogens with two attached hydrogens (primary N) is 1. The van der Waals surface area contributed by atoms with E-state index in [0.717, 1.165) is 0 Å². The number of nitrogens with zero attached hydrogens (tertiary/aromatic N) is 2. The minimum atomic E-state index is -0.802. The van der Waals surface area contributed by atoms with Crippen LogP contribution in [0.15, 0.2) is 53.7 Å². The Morgan fingerprint density at radius 3 is 2.55 bits per heavy atom. The molecule has 1 aromatic heterocycles. The van der Waals surface area contributed by atoms with Crippen LogP contribution in [-0.4, -0.2) is 16.9 Å². The smallest absolute Gasteiger partial charge is 0.320 e. The van der Waals surface area contributed by atoms with Crippen LogP contribution in [0.5, 0.6) is 0 Å². The Labute approximate surface area is 125 Å². The summed E-state index contributed by atoms with van der Waals surface area (Å²) in [5.41, 5.74) is 8.45. The molecule has 1 amide bonds. The van der Waals surface area contributed by atoms with Gasteiger partial charge in [-0.15, -0.1) is 0 Å². The number of guanidine groups is 1. The third-order valence-corrected chi connectivity index (χ3v) is 2.53. The molecule has 2 rings (SSSR count). The molecule has 2 aromatic rings. The fourth-order valence-corrected chi connectivity index (χ4v) is 1.61. The van der Waals surface area contributed by atoms with Gasteiger partial charge in [-0.25, -0.2) is 20.1 Å². The number of aliphatic imine (C=N–C) groups is 1. The number of H-pyrrole nitrogens is 1. The molecule has 0 bridgehead atoms. The average Bonchev–Trinajstić information content (AvgIpc) is 2.49. The molecule has 0 unspecified atom stereocenters. The van der Waals surface area contributed by atoms with Gasteiger partial charge in [-0.3, -0.25) is 4.79 Å². The molecule has 9 nitrogen and oxygen atoms in total. The Morgan fingerprint density at radius 2 is 1.95 bits per heavy atom. The van der Waals surface area contributed by atoms with Crippen LogP contribution in [0.1, 0.15) is 10.5 Å². The molecule has 0 aliphatic carbocycles. The van der Waals surface area contributed by atoms with Gasteiger partial charge in [0.05, 0.1) is 5.69 Å². The zero-order chi connectivity index (χ0) is 15.9. The van der Waals surface area contributed by atoms with Crippen molar-refractivity contribution in [2.45, 2.75) is 0 Å². The highest BCUT2D eigenvalue weighted by Gasteiger charge is 2.11. The third-order valence-electron chi connectivity index (χ3n) is 2.53. The molecule has 0 aliphatic rings. The van der Waals surface area contributed by atoms with Crippen molar-refractivity contribution in [3.05, 3.63) is 64.5 Å². The highest BCUT2D eigenvalue weighted by Crippen LogP contribution is 2.16. The number of hydrogen-bond acceptors (Lipinski definition) is 4. The number of carbonyl (C=O) groups is 1. The number of hydrazine groups is 1. The Bertz CT molecular complexity index is 699. The second kappa shape index (κ2) is 6.79. The number of carbonyl (C=O) groups excluding carboxylic acids is 1. The van der Waals surface area contributed by atoms with Gasteiger partial charge in [0, 0.05) is 17.8 Å². The van der Waals surface area contributed by atoms with E-state index in [0.29, 0.717) is 17.1 Å². The minimum Gasteiger partial charge on any atom is -0.365 e. The number of nitro groups is 1. The van der Waals surface area contributed by atoms with E-state index in [1.807, 2.05) is 0 Å². The van der Waals surface area contributed by atoms with Crippen LogP contribution in [-0.2, 0) is 0 Å². The number of rotatable bonds is 4. The van der Waals surface area contributed by atoms with E-state index in [9.17, 15) is 14.9 Å². The normalized spacial score (nSPS) is 10.8. The first-order valence-electron chi connectivity index (χ1n) is 6.18. The van der Waals surface area contributed by atoms with Crippen molar-refractivity contribution >= 4 is 23.2 Å². The third kappa shape index (κ3) is 4.27. The quantitative estimate of drug-likeness (QED) is 0.326. The number of benzene rings is 1. The zero-order valence-electron chi connectivity index (χ0n) is 11.3. The molecule has 0 atom stereocenters. The summed E-state index contributed by atoms with van der Waals surface area (Å²) in [7, 11) is 0. The lowest BCUT2D eigenvalue weighted by Crippen LogP contribution is -2.35. The average molecular weight is 301 g/mol. The van der Waals surface area contributed by atoms with E-state index in [-0.39, 0.29) is 11.9 Å². The molecule has 22 heavy (non-hydrogen) atoms. The molecule has 1 aromatic carbocycles. The summed E-state index contributed by atoms with van der Waals surface area (Å²) in [5.74, 6) is -0.618. The SMILES string of the molecule is NC(=Nc1ccc(NC(=O)c2cccc[nH+]2)cc1)N[N+](=O)[O-]. The van der Waals surface area contributed by atoms with Crippen LogP contribution in [0.4, 0.5) is 11.4 Å². The number of hydrogen-bond donors (Lipinski definition) is 3. The predicted molar refractivity (Wildman–Crippen MR) is 78.8 cm³/mol. The minimum absolute atomic E-state index is 0.286. The Balaban J connectivity index is 2.03. The molecule has 0 aliphatic heterocycles. The maximum absolute atomic E-state index is 11.9. The first kappa shape index (κ1) is 14.9. The Morgan fingerprint density at radius 1 is 1.23 bits per heavy atom. The van der Waals surface area contributed by atoms with Crippen LogP contribution in [0.3, 0.4) is 0 Å². The molecule has 0 fully saturated rings. The maximum atomic E-state index is 11.9. The molecular formula is C13H13N6O3+. The molecular weight excluding hydrogens is 288 g/mol. The molecule has 0 saturated carbocycles. The van der Waals surface area contributed by atoms with Crippen LogP contribution in [0, 0.1) is 10.1 Å².